The largest absolute Gasteiger partial charge is 0.350 e. The van der Waals surface area contributed by atoms with Crippen LogP contribution in [0.15, 0.2) is 0 Å². The molecule has 1 unspecified atom stereocenters. The zero-order chi connectivity index (χ0) is 11.5. The molecule has 0 bridgehead atoms. The molecule has 0 spiro atoms. The van der Waals surface area contributed by atoms with Crippen molar-refractivity contribution in [2.45, 2.75) is 64.5 Å². The molecule has 0 aliphatic heterocycles. The minimum Gasteiger partial charge on any atom is -0.350 e. The van der Waals surface area contributed by atoms with E-state index in [0.29, 0.717) is 0 Å². The fourth-order valence-corrected chi connectivity index (χ4v) is 2.17. The molecule has 0 saturated heterocycles. The van der Waals surface area contributed by atoms with Crippen LogP contribution < -0.4 is 11.1 Å². The van der Waals surface area contributed by atoms with E-state index in [2.05, 4.69) is 19.2 Å². The van der Waals surface area contributed by atoms with Gasteiger partial charge >= 0.3 is 0 Å². The Bertz CT molecular complexity index is 222. The number of carbonyl (C=O) groups is 1. The normalized spacial score (nSPS) is 23.5. The third kappa shape index (κ3) is 3.20. The van der Waals surface area contributed by atoms with Crippen molar-refractivity contribution in [3.8, 4) is 0 Å². The lowest BCUT2D eigenvalue weighted by atomic mass is 9.96. The Morgan fingerprint density at radius 3 is 2.47 bits per heavy atom. The highest BCUT2D eigenvalue weighted by Crippen LogP contribution is 2.29. The highest BCUT2D eigenvalue weighted by atomic mass is 16.2. The smallest absolute Gasteiger partial charge is 0.237 e. The molecule has 3 N–H and O–H groups in total. The molecule has 1 saturated carbocycles. The van der Waals surface area contributed by atoms with Gasteiger partial charge < -0.3 is 11.1 Å². The SMILES string of the molecule is CCC(C)[C@H](N)C(=O)NC1(C)CCCC1. The maximum atomic E-state index is 11.9. The van der Waals surface area contributed by atoms with Crippen LogP contribution in [0.25, 0.3) is 0 Å². The van der Waals surface area contributed by atoms with Crippen LogP contribution in [0.5, 0.6) is 0 Å². The van der Waals surface area contributed by atoms with E-state index in [0.717, 1.165) is 19.3 Å². The van der Waals surface area contributed by atoms with E-state index >= 15 is 0 Å². The van der Waals surface area contributed by atoms with Crippen molar-refractivity contribution >= 4 is 5.91 Å². The molecule has 1 aliphatic carbocycles. The van der Waals surface area contributed by atoms with E-state index in [-0.39, 0.29) is 23.4 Å². The number of hydrogen-bond acceptors (Lipinski definition) is 2. The molecule has 88 valence electrons. The maximum Gasteiger partial charge on any atom is 0.237 e. The van der Waals surface area contributed by atoms with Gasteiger partial charge in [0.2, 0.25) is 5.91 Å². The van der Waals surface area contributed by atoms with Crippen LogP contribution in [0.4, 0.5) is 0 Å². The maximum absolute atomic E-state index is 11.9. The lowest BCUT2D eigenvalue weighted by Gasteiger charge is -2.28. The van der Waals surface area contributed by atoms with Gasteiger partial charge in [0.15, 0.2) is 0 Å². The standard InChI is InChI=1S/C12H24N2O/c1-4-9(2)10(13)11(15)14-12(3)7-5-6-8-12/h9-10H,4-8,13H2,1-3H3,(H,14,15)/t9?,10-/m0/s1. The molecular weight excluding hydrogens is 188 g/mol. The van der Waals surface area contributed by atoms with E-state index in [1.54, 1.807) is 0 Å². The van der Waals surface area contributed by atoms with Crippen LogP contribution in [0.1, 0.15) is 52.9 Å². The van der Waals surface area contributed by atoms with Gasteiger partial charge in [-0.1, -0.05) is 33.1 Å². The predicted molar refractivity (Wildman–Crippen MR) is 62.4 cm³/mol. The number of amides is 1. The number of hydrogen-bond donors (Lipinski definition) is 2. The van der Waals surface area contributed by atoms with Crippen LogP contribution in [0, 0.1) is 5.92 Å². The van der Waals surface area contributed by atoms with Crippen LogP contribution in [-0.4, -0.2) is 17.5 Å². The van der Waals surface area contributed by atoms with E-state index < -0.39 is 0 Å². The lowest BCUT2D eigenvalue weighted by molar-refractivity contribution is -0.125. The first-order valence-corrected chi connectivity index (χ1v) is 6.06. The lowest BCUT2D eigenvalue weighted by Crippen LogP contribution is -2.52. The number of nitrogens with two attached hydrogens (primary N) is 1. The first kappa shape index (κ1) is 12.5. The van der Waals surface area contributed by atoms with Crippen molar-refractivity contribution in [2.75, 3.05) is 0 Å². The topological polar surface area (TPSA) is 55.1 Å². The summed E-state index contributed by atoms with van der Waals surface area (Å²) < 4.78 is 0. The molecule has 0 aromatic carbocycles. The molecule has 0 heterocycles. The number of nitrogens with one attached hydrogen (secondary N) is 1. The van der Waals surface area contributed by atoms with Crippen LogP contribution in [-0.2, 0) is 4.79 Å². The molecule has 0 aromatic heterocycles. The molecule has 2 atom stereocenters. The summed E-state index contributed by atoms with van der Waals surface area (Å²) in [5.41, 5.74) is 5.90. The van der Waals surface area contributed by atoms with Crippen LogP contribution in [0.2, 0.25) is 0 Å². The van der Waals surface area contributed by atoms with Gasteiger partial charge in [-0.3, -0.25) is 4.79 Å². The number of rotatable bonds is 4. The molecule has 1 rings (SSSR count). The average molecular weight is 212 g/mol. The summed E-state index contributed by atoms with van der Waals surface area (Å²) in [4.78, 5) is 11.9. The molecule has 3 nitrogen and oxygen atoms in total. The van der Waals surface area contributed by atoms with Gasteiger partial charge in [0.25, 0.3) is 0 Å². The van der Waals surface area contributed by atoms with Gasteiger partial charge in [-0.05, 0) is 25.7 Å². The summed E-state index contributed by atoms with van der Waals surface area (Å²) in [6.07, 6.45) is 5.56. The van der Waals surface area contributed by atoms with Crippen LogP contribution >= 0.6 is 0 Å². The Labute approximate surface area is 92.8 Å². The van der Waals surface area contributed by atoms with Crippen molar-refractivity contribution in [3.63, 3.8) is 0 Å². The Morgan fingerprint density at radius 1 is 1.47 bits per heavy atom. The molecule has 15 heavy (non-hydrogen) atoms. The summed E-state index contributed by atoms with van der Waals surface area (Å²) in [7, 11) is 0. The van der Waals surface area contributed by atoms with Crippen molar-refractivity contribution < 1.29 is 4.79 Å². The first-order chi connectivity index (χ1) is 6.98. The zero-order valence-electron chi connectivity index (χ0n) is 10.2. The van der Waals surface area contributed by atoms with E-state index in [1.807, 2.05) is 6.92 Å². The molecule has 1 fully saturated rings. The molecular formula is C12H24N2O. The Morgan fingerprint density at radius 2 is 2.00 bits per heavy atom. The van der Waals surface area contributed by atoms with Crippen molar-refractivity contribution in [1.82, 2.24) is 5.32 Å². The van der Waals surface area contributed by atoms with Crippen molar-refractivity contribution in [3.05, 3.63) is 0 Å². The van der Waals surface area contributed by atoms with Gasteiger partial charge in [-0.15, -0.1) is 0 Å². The summed E-state index contributed by atoms with van der Waals surface area (Å²) in [5, 5.41) is 3.11. The fourth-order valence-electron chi connectivity index (χ4n) is 2.17. The Hall–Kier alpha value is -0.570. The van der Waals surface area contributed by atoms with E-state index in [1.165, 1.54) is 12.8 Å². The summed E-state index contributed by atoms with van der Waals surface area (Å²) >= 11 is 0. The van der Waals surface area contributed by atoms with Gasteiger partial charge in [0, 0.05) is 5.54 Å². The van der Waals surface area contributed by atoms with Crippen LogP contribution in [0.3, 0.4) is 0 Å². The fraction of sp³-hybridized carbons (Fsp3) is 0.917. The molecule has 1 aliphatic rings. The third-order valence-electron chi connectivity index (χ3n) is 3.69. The summed E-state index contributed by atoms with van der Waals surface area (Å²) in [5.74, 6) is 0.281. The summed E-state index contributed by atoms with van der Waals surface area (Å²) in [6, 6.07) is -0.354. The minimum absolute atomic E-state index is 0.00215. The van der Waals surface area contributed by atoms with Gasteiger partial charge in [0.05, 0.1) is 6.04 Å². The highest BCUT2D eigenvalue weighted by Gasteiger charge is 2.32. The highest BCUT2D eigenvalue weighted by molar-refractivity contribution is 5.82. The predicted octanol–water partition coefficient (Wildman–Crippen LogP) is 1.81. The van der Waals surface area contributed by atoms with Gasteiger partial charge in [-0.2, -0.15) is 0 Å². The molecule has 0 aromatic rings. The molecule has 3 heteroatoms. The second kappa shape index (κ2) is 4.97. The summed E-state index contributed by atoms with van der Waals surface area (Å²) in [6.45, 7) is 6.22. The molecule has 1 amide bonds. The van der Waals surface area contributed by atoms with E-state index in [4.69, 9.17) is 5.73 Å². The average Bonchev–Trinajstić information content (AvgIpc) is 2.62. The van der Waals surface area contributed by atoms with Gasteiger partial charge in [-0.25, -0.2) is 0 Å². The Balaban J connectivity index is 2.47. The van der Waals surface area contributed by atoms with Crippen molar-refractivity contribution in [2.24, 2.45) is 11.7 Å². The second-order valence-electron chi connectivity index (χ2n) is 5.17. The minimum atomic E-state index is -0.354. The van der Waals surface area contributed by atoms with Crippen molar-refractivity contribution in [1.29, 1.82) is 0 Å². The monoisotopic (exact) mass is 212 g/mol. The number of carbonyl (C=O) groups excluding carboxylic acids is 1. The Kier molecular flexibility index (Phi) is 4.14. The third-order valence-corrected chi connectivity index (χ3v) is 3.69. The first-order valence-electron chi connectivity index (χ1n) is 6.06. The van der Waals surface area contributed by atoms with Gasteiger partial charge in [0.1, 0.15) is 0 Å². The second-order valence-corrected chi connectivity index (χ2v) is 5.17. The quantitative estimate of drug-likeness (QED) is 0.746. The molecule has 0 radical (unpaired) electrons. The van der Waals surface area contributed by atoms with E-state index in [9.17, 15) is 4.79 Å². The zero-order valence-corrected chi connectivity index (χ0v) is 10.2.